The minimum absolute atomic E-state index is 0.281. The van der Waals surface area contributed by atoms with Crippen LogP contribution in [0.25, 0.3) is 0 Å². The van der Waals surface area contributed by atoms with E-state index in [0.29, 0.717) is 28.3 Å². The van der Waals surface area contributed by atoms with Crippen molar-refractivity contribution >= 4 is 33.8 Å². The van der Waals surface area contributed by atoms with E-state index in [1.165, 1.54) is 25.6 Å². The first kappa shape index (κ1) is 18.5. The van der Waals surface area contributed by atoms with Gasteiger partial charge in [0.05, 0.1) is 30.3 Å². The summed E-state index contributed by atoms with van der Waals surface area (Å²) in [6.07, 6.45) is 0. The highest BCUT2D eigenvalue weighted by Crippen LogP contribution is 2.26. The van der Waals surface area contributed by atoms with Crippen LogP contribution in [-0.2, 0) is 0 Å². The largest absolute Gasteiger partial charge is 0.496 e. The summed E-state index contributed by atoms with van der Waals surface area (Å²) in [5.74, 6) is 0.248. The van der Waals surface area contributed by atoms with Gasteiger partial charge in [-0.25, -0.2) is 0 Å². The van der Waals surface area contributed by atoms with Gasteiger partial charge in [0.25, 0.3) is 11.8 Å². The lowest BCUT2D eigenvalue weighted by atomic mass is 10.1. The third-order valence-corrected chi connectivity index (χ3v) is 4.60. The number of anilines is 2. The summed E-state index contributed by atoms with van der Waals surface area (Å²) >= 11 is 1.43. The van der Waals surface area contributed by atoms with Crippen LogP contribution in [0.2, 0.25) is 0 Å². The molecule has 6 nitrogen and oxygen atoms in total. The van der Waals surface area contributed by atoms with E-state index >= 15 is 0 Å². The Labute approximate surface area is 160 Å². The number of hydrogen-bond donors (Lipinski definition) is 2. The average molecular weight is 382 g/mol. The number of thiophene rings is 1. The Morgan fingerprint density at radius 2 is 1.52 bits per heavy atom. The van der Waals surface area contributed by atoms with Gasteiger partial charge in [0.15, 0.2) is 0 Å². The third kappa shape index (κ3) is 4.27. The van der Waals surface area contributed by atoms with Gasteiger partial charge in [0, 0.05) is 11.8 Å². The van der Waals surface area contributed by atoms with Crippen molar-refractivity contribution in [3.05, 3.63) is 71.1 Å². The van der Waals surface area contributed by atoms with E-state index in [1.807, 2.05) is 17.5 Å². The molecule has 0 radical (unpaired) electrons. The van der Waals surface area contributed by atoms with Crippen LogP contribution < -0.4 is 20.1 Å². The van der Waals surface area contributed by atoms with Crippen molar-refractivity contribution in [1.82, 2.24) is 0 Å². The van der Waals surface area contributed by atoms with Gasteiger partial charge in [0.1, 0.15) is 11.5 Å². The number of para-hydroxylation sites is 1. The number of nitrogens with one attached hydrogen (secondary N) is 2. The second-order valence-corrected chi connectivity index (χ2v) is 6.45. The molecule has 0 saturated heterocycles. The summed E-state index contributed by atoms with van der Waals surface area (Å²) < 4.78 is 10.5. The molecule has 2 amide bonds. The first-order valence-corrected chi connectivity index (χ1v) is 8.97. The Balaban J connectivity index is 1.79. The smallest absolute Gasteiger partial charge is 0.260 e. The molecule has 0 aliphatic heterocycles. The number of carbonyl (C=O) groups excluding carboxylic acids is 2. The van der Waals surface area contributed by atoms with Crippen LogP contribution in [0.4, 0.5) is 10.7 Å². The van der Waals surface area contributed by atoms with Crippen molar-refractivity contribution in [2.24, 2.45) is 0 Å². The normalized spacial score (nSPS) is 10.1. The third-order valence-electron chi connectivity index (χ3n) is 3.81. The summed E-state index contributed by atoms with van der Waals surface area (Å²) in [4.78, 5) is 25.0. The molecule has 0 atom stereocenters. The fraction of sp³-hybridized carbons (Fsp3) is 0.100. The molecule has 0 unspecified atom stereocenters. The first-order valence-electron chi connectivity index (χ1n) is 8.09. The predicted molar refractivity (Wildman–Crippen MR) is 106 cm³/mol. The van der Waals surface area contributed by atoms with Gasteiger partial charge in [-0.05, 0) is 41.8 Å². The molecular weight excluding hydrogens is 364 g/mol. The van der Waals surface area contributed by atoms with Gasteiger partial charge in [-0.2, -0.15) is 0 Å². The highest BCUT2D eigenvalue weighted by molar-refractivity contribution is 7.14. The zero-order chi connectivity index (χ0) is 19.2. The van der Waals surface area contributed by atoms with E-state index in [9.17, 15) is 9.59 Å². The molecule has 0 fully saturated rings. The predicted octanol–water partition coefficient (Wildman–Crippen LogP) is 4.27. The van der Waals surface area contributed by atoms with E-state index in [-0.39, 0.29) is 11.8 Å². The van der Waals surface area contributed by atoms with Gasteiger partial charge in [-0.1, -0.05) is 12.1 Å². The molecule has 3 rings (SSSR count). The summed E-state index contributed by atoms with van der Waals surface area (Å²) in [6, 6.07) is 15.5. The van der Waals surface area contributed by atoms with Crippen LogP contribution in [0.3, 0.4) is 0 Å². The summed E-state index contributed by atoms with van der Waals surface area (Å²) in [6.45, 7) is 0. The molecule has 1 aromatic heterocycles. The molecule has 1 heterocycles. The second kappa shape index (κ2) is 8.37. The Morgan fingerprint density at radius 3 is 2.22 bits per heavy atom. The molecule has 0 spiro atoms. The fourth-order valence-corrected chi connectivity index (χ4v) is 3.13. The van der Waals surface area contributed by atoms with Crippen molar-refractivity contribution in [3.8, 4) is 11.5 Å². The lowest BCUT2D eigenvalue weighted by molar-refractivity contribution is 0.101. The molecule has 0 bridgehead atoms. The fourth-order valence-electron chi connectivity index (χ4n) is 2.52. The summed E-state index contributed by atoms with van der Waals surface area (Å²) in [7, 11) is 2.99. The zero-order valence-corrected chi connectivity index (χ0v) is 15.6. The highest BCUT2D eigenvalue weighted by Gasteiger charge is 2.16. The minimum Gasteiger partial charge on any atom is -0.496 e. The molecule has 0 aliphatic rings. The lowest BCUT2D eigenvalue weighted by Crippen LogP contribution is -2.15. The van der Waals surface area contributed by atoms with E-state index in [1.54, 1.807) is 42.5 Å². The van der Waals surface area contributed by atoms with E-state index < -0.39 is 0 Å². The van der Waals surface area contributed by atoms with Gasteiger partial charge in [-0.15, -0.1) is 11.3 Å². The van der Waals surface area contributed by atoms with Gasteiger partial charge in [0.2, 0.25) is 0 Å². The van der Waals surface area contributed by atoms with Crippen molar-refractivity contribution in [2.45, 2.75) is 0 Å². The summed E-state index contributed by atoms with van der Waals surface area (Å²) in [5, 5.41) is 8.22. The molecule has 7 heteroatoms. The van der Waals surface area contributed by atoms with Crippen LogP contribution in [0, 0.1) is 0 Å². The molecule has 3 aromatic rings. The number of rotatable bonds is 6. The molecular formula is C20H18N2O4S. The summed E-state index contributed by atoms with van der Waals surface area (Å²) in [5.41, 5.74) is 1.30. The lowest BCUT2D eigenvalue weighted by Gasteiger charge is -2.12. The maximum atomic E-state index is 12.5. The van der Waals surface area contributed by atoms with Crippen LogP contribution in [0.1, 0.15) is 20.7 Å². The Morgan fingerprint density at radius 1 is 0.815 bits per heavy atom. The molecule has 2 aromatic carbocycles. The number of carbonyl (C=O) groups is 2. The maximum absolute atomic E-state index is 12.5. The molecule has 27 heavy (non-hydrogen) atoms. The standard InChI is InChI=1S/C20H18N2O4S/c1-25-16-7-4-3-6-14(16)19(23)21-13-9-10-15(17(12-13)26-2)20(24)22-18-8-5-11-27-18/h3-12H,1-2H3,(H,21,23)(H,22,24). The van der Waals surface area contributed by atoms with Crippen molar-refractivity contribution < 1.29 is 19.1 Å². The van der Waals surface area contributed by atoms with Crippen molar-refractivity contribution in [1.29, 1.82) is 0 Å². The minimum atomic E-state index is -0.315. The van der Waals surface area contributed by atoms with Crippen molar-refractivity contribution in [3.63, 3.8) is 0 Å². The van der Waals surface area contributed by atoms with Crippen LogP contribution >= 0.6 is 11.3 Å². The molecule has 138 valence electrons. The SMILES string of the molecule is COc1ccccc1C(=O)Nc1ccc(C(=O)Nc2cccs2)c(OC)c1. The molecule has 0 saturated carbocycles. The average Bonchev–Trinajstić information content (AvgIpc) is 3.20. The quantitative estimate of drug-likeness (QED) is 0.667. The zero-order valence-electron chi connectivity index (χ0n) is 14.8. The number of methoxy groups -OCH3 is 2. The first-order chi connectivity index (χ1) is 13.1. The van der Waals surface area contributed by atoms with E-state index in [4.69, 9.17) is 9.47 Å². The Kier molecular flexibility index (Phi) is 5.73. The molecule has 2 N–H and O–H groups in total. The van der Waals surface area contributed by atoms with E-state index in [2.05, 4.69) is 10.6 Å². The van der Waals surface area contributed by atoms with Gasteiger partial charge >= 0.3 is 0 Å². The van der Waals surface area contributed by atoms with Crippen LogP contribution in [-0.4, -0.2) is 26.0 Å². The van der Waals surface area contributed by atoms with E-state index in [0.717, 1.165) is 5.00 Å². The Bertz CT molecular complexity index is 954. The van der Waals surface area contributed by atoms with Gasteiger partial charge in [-0.3, -0.25) is 9.59 Å². The Hall–Kier alpha value is -3.32. The topological polar surface area (TPSA) is 76.7 Å². The second-order valence-electron chi connectivity index (χ2n) is 5.50. The van der Waals surface area contributed by atoms with Crippen LogP contribution in [0.15, 0.2) is 60.0 Å². The maximum Gasteiger partial charge on any atom is 0.260 e. The highest BCUT2D eigenvalue weighted by atomic mass is 32.1. The van der Waals surface area contributed by atoms with Crippen molar-refractivity contribution in [2.75, 3.05) is 24.9 Å². The van der Waals surface area contributed by atoms with Crippen LogP contribution in [0.5, 0.6) is 11.5 Å². The number of amides is 2. The number of benzene rings is 2. The van der Waals surface area contributed by atoms with Gasteiger partial charge < -0.3 is 20.1 Å². The monoisotopic (exact) mass is 382 g/mol. The number of hydrogen-bond acceptors (Lipinski definition) is 5. The molecule has 0 aliphatic carbocycles. The number of ether oxygens (including phenoxy) is 2.